The summed E-state index contributed by atoms with van der Waals surface area (Å²) >= 11 is 0. The van der Waals surface area contributed by atoms with Gasteiger partial charge in [0.2, 0.25) is 0 Å². The van der Waals surface area contributed by atoms with Crippen LogP contribution in [0.1, 0.15) is 39.5 Å². The molecule has 0 unspecified atom stereocenters. The quantitative estimate of drug-likeness (QED) is 0.911. The lowest BCUT2D eigenvalue weighted by atomic mass is 9.99. The molecule has 0 aromatic heterocycles. The number of benzene rings is 2. The molecule has 4 nitrogen and oxygen atoms in total. The summed E-state index contributed by atoms with van der Waals surface area (Å²) in [5, 5.41) is 9.18. The van der Waals surface area contributed by atoms with Crippen LogP contribution in [-0.2, 0) is 17.5 Å². The molecule has 25 heavy (non-hydrogen) atoms. The first-order chi connectivity index (χ1) is 11.8. The molecule has 1 aliphatic rings. The van der Waals surface area contributed by atoms with Crippen molar-refractivity contribution in [2.24, 2.45) is 0 Å². The maximum atomic E-state index is 13.0. The molecule has 7 heteroatoms. The van der Waals surface area contributed by atoms with Crippen molar-refractivity contribution in [2.75, 3.05) is 0 Å². The van der Waals surface area contributed by atoms with Crippen LogP contribution in [0.15, 0.2) is 48.5 Å². The highest BCUT2D eigenvalue weighted by atomic mass is 19.4. The number of alkyl halides is 3. The molecule has 0 spiro atoms. The minimum atomic E-state index is -4.54. The van der Waals surface area contributed by atoms with Gasteiger partial charge in [-0.2, -0.15) is 13.2 Å². The number of rotatable bonds is 4. The Hall–Kier alpha value is -2.83. The summed E-state index contributed by atoms with van der Waals surface area (Å²) < 4.78 is 38.9. The fourth-order valence-corrected chi connectivity index (χ4v) is 3.02. The lowest BCUT2D eigenvalue weighted by molar-refractivity contribution is -0.138. The maximum absolute atomic E-state index is 13.0. The van der Waals surface area contributed by atoms with Gasteiger partial charge in [0.1, 0.15) is 0 Å². The van der Waals surface area contributed by atoms with Crippen molar-refractivity contribution in [2.45, 2.75) is 25.2 Å². The Balaban J connectivity index is 2.00. The number of hydrogen-bond acceptors (Lipinski definition) is 2. The van der Waals surface area contributed by atoms with Gasteiger partial charge in [-0.15, -0.1) is 0 Å². The summed E-state index contributed by atoms with van der Waals surface area (Å²) in [7, 11) is 0. The molecule has 2 aromatic rings. The third-order valence-corrected chi connectivity index (χ3v) is 4.19. The SMILES string of the molecule is O=C(O)C[C@H](c1cccc(C(F)(F)F)c1)N1Cc2ccccc2C1=O. The van der Waals surface area contributed by atoms with E-state index in [1.54, 1.807) is 24.3 Å². The second-order valence-electron chi connectivity index (χ2n) is 5.83. The minimum absolute atomic E-state index is 0.151. The van der Waals surface area contributed by atoms with Gasteiger partial charge in [-0.1, -0.05) is 30.3 Å². The number of fused-ring (bicyclic) bond motifs is 1. The van der Waals surface area contributed by atoms with E-state index in [1.807, 2.05) is 0 Å². The molecule has 0 saturated carbocycles. The Bertz CT molecular complexity index is 832. The van der Waals surface area contributed by atoms with Crippen molar-refractivity contribution in [3.63, 3.8) is 0 Å². The van der Waals surface area contributed by atoms with Crippen LogP contribution < -0.4 is 0 Å². The highest BCUT2D eigenvalue weighted by Crippen LogP contribution is 2.36. The normalized spacial score (nSPS) is 15.2. The first-order valence-electron chi connectivity index (χ1n) is 7.55. The molecule has 1 aliphatic heterocycles. The second kappa shape index (κ2) is 6.23. The van der Waals surface area contributed by atoms with Crippen molar-refractivity contribution in [3.05, 3.63) is 70.8 Å². The molecular weight excluding hydrogens is 335 g/mol. The van der Waals surface area contributed by atoms with Gasteiger partial charge in [0.15, 0.2) is 0 Å². The summed E-state index contributed by atoms with van der Waals surface area (Å²) in [5.41, 5.74) is 0.461. The van der Waals surface area contributed by atoms with Gasteiger partial charge in [-0.25, -0.2) is 0 Å². The van der Waals surface area contributed by atoms with Gasteiger partial charge in [-0.3, -0.25) is 9.59 Å². The van der Waals surface area contributed by atoms with Gasteiger partial charge in [0.05, 0.1) is 18.0 Å². The van der Waals surface area contributed by atoms with Gasteiger partial charge >= 0.3 is 12.1 Å². The van der Waals surface area contributed by atoms with Gasteiger partial charge in [0, 0.05) is 12.1 Å². The topological polar surface area (TPSA) is 57.6 Å². The predicted octanol–water partition coefficient (Wildman–Crippen LogP) is 3.88. The average Bonchev–Trinajstić information content (AvgIpc) is 2.89. The number of amides is 1. The number of nitrogens with zero attached hydrogens (tertiary/aromatic N) is 1. The fraction of sp³-hybridized carbons (Fsp3) is 0.222. The molecule has 0 aliphatic carbocycles. The summed E-state index contributed by atoms with van der Waals surface area (Å²) in [6, 6.07) is 10.3. The lowest BCUT2D eigenvalue weighted by Crippen LogP contribution is -2.31. The van der Waals surface area contributed by atoms with Gasteiger partial charge < -0.3 is 10.0 Å². The zero-order valence-corrected chi connectivity index (χ0v) is 13.0. The predicted molar refractivity (Wildman–Crippen MR) is 82.8 cm³/mol. The average molecular weight is 349 g/mol. The highest BCUT2D eigenvalue weighted by Gasteiger charge is 2.36. The summed E-state index contributed by atoms with van der Waals surface area (Å²) in [4.78, 5) is 25.1. The van der Waals surface area contributed by atoms with Crippen molar-refractivity contribution >= 4 is 11.9 Å². The second-order valence-corrected chi connectivity index (χ2v) is 5.83. The van der Waals surface area contributed by atoms with Crippen LogP contribution in [0.3, 0.4) is 0 Å². The van der Waals surface area contributed by atoms with Crippen molar-refractivity contribution < 1.29 is 27.9 Å². The van der Waals surface area contributed by atoms with Crippen molar-refractivity contribution in [1.82, 2.24) is 4.90 Å². The Kier molecular flexibility index (Phi) is 4.24. The summed E-state index contributed by atoms with van der Waals surface area (Å²) in [6.07, 6.45) is -5.01. The first-order valence-corrected chi connectivity index (χ1v) is 7.55. The molecule has 0 radical (unpaired) electrons. The Morgan fingerprint density at radius 3 is 2.52 bits per heavy atom. The fourth-order valence-electron chi connectivity index (χ4n) is 3.02. The summed E-state index contributed by atoms with van der Waals surface area (Å²) in [5.74, 6) is -1.56. The van der Waals surface area contributed by atoms with E-state index in [4.69, 9.17) is 0 Å². The number of hydrogen-bond donors (Lipinski definition) is 1. The van der Waals surface area contributed by atoms with E-state index in [-0.39, 0.29) is 18.0 Å². The number of halogens is 3. The monoisotopic (exact) mass is 349 g/mol. The smallest absolute Gasteiger partial charge is 0.416 e. The number of carbonyl (C=O) groups is 2. The number of carbonyl (C=O) groups excluding carboxylic acids is 1. The van der Waals surface area contributed by atoms with Crippen molar-refractivity contribution in [3.8, 4) is 0 Å². The number of carboxylic acids is 1. The van der Waals surface area contributed by atoms with Crippen LogP contribution >= 0.6 is 0 Å². The van der Waals surface area contributed by atoms with Gasteiger partial charge in [-0.05, 0) is 29.3 Å². The first kappa shape index (κ1) is 17.0. The van der Waals surface area contributed by atoms with E-state index in [0.717, 1.165) is 17.7 Å². The highest BCUT2D eigenvalue weighted by molar-refractivity contribution is 5.98. The zero-order chi connectivity index (χ0) is 18.2. The minimum Gasteiger partial charge on any atom is -0.481 e. The van der Waals surface area contributed by atoms with E-state index >= 15 is 0 Å². The van der Waals surface area contributed by atoms with Crippen LogP contribution in [-0.4, -0.2) is 21.9 Å². The Morgan fingerprint density at radius 1 is 1.16 bits per heavy atom. The molecular formula is C18H14F3NO3. The molecule has 0 bridgehead atoms. The van der Waals surface area contributed by atoms with E-state index < -0.39 is 30.2 Å². The summed E-state index contributed by atoms with van der Waals surface area (Å²) in [6.45, 7) is 0.170. The van der Waals surface area contributed by atoms with Gasteiger partial charge in [0.25, 0.3) is 5.91 Å². The maximum Gasteiger partial charge on any atom is 0.416 e. The van der Waals surface area contributed by atoms with Crippen molar-refractivity contribution in [1.29, 1.82) is 0 Å². The molecule has 0 fully saturated rings. The third-order valence-electron chi connectivity index (χ3n) is 4.19. The van der Waals surface area contributed by atoms with E-state index in [9.17, 15) is 27.9 Å². The Morgan fingerprint density at radius 2 is 1.88 bits per heavy atom. The molecule has 2 aromatic carbocycles. The number of aliphatic carboxylic acids is 1. The standard InChI is InChI=1S/C18H14F3NO3/c19-18(20,21)13-6-3-5-11(8-13)15(9-16(23)24)22-10-12-4-1-2-7-14(12)17(22)25/h1-8,15H,9-10H2,(H,23,24)/t15-/m1/s1. The number of carboxylic acid groups (broad SMARTS) is 1. The van der Waals surface area contributed by atoms with E-state index in [2.05, 4.69) is 0 Å². The van der Waals surface area contributed by atoms with Crippen LogP contribution in [0.2, 0.25) is 0 Å². The molecule has 1 N–H and O–H groups in total. The molecule has 3 rings (SSSR count). The molecule has 1 heterocycles. The van der Waals surface area contributed by atoms with Crippen LogP contribution in [0.5, 0.6) is 0 Å². The Labute approximate surface area is 141 Å². The van der Waals surface area contributed by atoms with E-state index in [0.29, 0.717) is 5.56 Å². The lowest BCUT2D eigenvalue weighted by Gasteiger charge is -2.27. The van der Waals surface area contributed by atoms with Crippen LogP contribution in [0.25, 0.3) is 0 Å². The molecule has 0 saturated heterocycles. The zero-order valence-electron chi connectivity index (χ0n) is 13.0. The molecule has 1 amide bonds. The largest absolute Gasteiger partial charge is 0.481 e. The third kappa shape index (κ3) is 3.35. The molecule has 1 atom stereocenters. The van der Waals surface area contributed by atoms with E-state index in [1.165, 1.54) is 17.0 Å². The van der Waals surface area contributed by atoms with Crippen LogP contribution in [0, 0.1) is 0 Å². The molecule has 130 valence electrons. The van der Waals surface area contributed by atoms with Crippen LogP contribution in [0.4, 0.5) is 13.2 Å².